The van der Waals surface area contributed by atoms with E-state index in [1.165, 1.54) is 6.42 Å². The number of hydrogen-bond acceptors (Lipinski definition) is 2. The average molecular weight is 312 g/mol. The molecule has 0 unspecified atom stereocenters. The Hall–Kier alpha value is -1.03. The van der Waals surface area contributed by atoms with Crippen molar-refractivity contribution in [3.8, 4) is 5.75 Å². The second-order valence-corrected chi connectivity index (χ2v) is 5.44. The highest BCUT2D eigenvalue weighted by Gasteiger charge is 2.29. The second-order valence-electron chi connectivity index (χ2n) is 4.64. The average Bonchev–Trinajstić information content (AvgIpc) is 2.32. The van der Waals surface area contributed by atoms with Crippen LogP contribution < -0.4 is 0 Å². The number of alkyl halides is 1. The molecule has 0 aromatic heterocycles. The molecule has 0 spiro atoms. The van der Waals surface area contributed by atoms with Crippen LogP contribution in [-0.4, -0.2) is 33.8 Å². The van der Waals surface area contributed by atoms with Gasteiger partial charge < -0.3 is 10.0 Å². The van der Waals surface area contributed by atoms with E-state index < -0.39 is 0 Å². The third-order valence-electron chi connectivity index (χ3n) is 3.44. The highest BCUT2D eigenvalue weighted by atomic mass is 79.9. The standard InChI is InChI=1S/C14H18BrNO2/c15-9-4-10-16(11-5-3-6-11)14(18)12-7-1-2-8-13(12)17/h1-2,7-8,11,17H,3-6,9-10H2. The zero-order valence-corrected chi connectivity index (χ0v) is 11.9. The van der Waals surface area contributed by atoms with Gasteiger partial charge in [-0.15, -0.1) is 0 Å². The van der Waals surface area contributed by atoms with Crippen molar-refractivity contribution in [2.75, 3.05) is 11.9 Å². The van der Waals surface area contributed by atoms with Gasteiger partial charge in [0.1, 0.15) is 5.75 Å². The summed E-state index contributed by atoms with van der Waals surface area (Å²) in [4.78, 5) is 14.4. The van der Waals surface area contributed by atoms with E-state index >= 15 is 0 Å². The number of phenolic OH excluding ortho intramolecular Hbond substituents is 1. The highest BCUT2D eigenvalue weighted by Crippen LogP contribution is 2.28. The monoisotopic (exact) mass is 311 g/mol. The maximum absolute atomic E-state index is 12.5. The Morgan fingerprint density at radius 3 is 2.67 bits per heavy atom. The number of carbonyl (C=O) groups excluding carboxylic acids is 1. The van der Waals surface area contributed by atoms with Crippen LogP contribution in [0.25, 0.3) is 0 Å². The maximum atomic E-state index is 12.5. The summed E-state index contributed by atoms with van der Waals surface area (Å²) in [5.74, 6) is 0.0319. The zero-order chi connectivity index (χ0) is 13.0. The largest absolute Gasteiger partial charge is 0.507 e. The molecule has 1 aromatic rings. The Morgan fingerprint density at radius 1 is 1.39 bits per heavy atom. The molecule has 1 saturated carbocycles. The first kappa shape index (κ1) is 13.4. The molecule has 1 fully saturated rings. The smallest absolute Gasteiger partial charge is 0.257 e. The van der Waals surface area contributed by atoms with Gasteiger partial charge in [-0.05, 0) is 37.8 Å². The van der Waals surface area contributed by atoms with Crippen molar-refractivity contribution in [2.24, 2.45) is 0 Å². The van der Waals surface area contributed by atoms with Crippen LogP contribution in [0.2, 0.25) is 0 Å². The number of halogens is 1. The first-order valence-electron chi connectivity index (χ1n) is 6.39. The molecular weight excluding hydrogens is 294 g/mol. The Bertz CT molecular complexity index is 418. The van der Waals surface area contributed by atoms with Gasteiger partial charge in [-0.2, -0.15) is 0 Å². The number of aromatic hydroxyl groups is 1. The molecule has 1 N–H and O–H groups in total. The van der Waals surface area contributed by atoms with Crippen LogP contribution in [-0.2, 0) is 0 Å². The molecule has 1 amide bonds. The van der Waals surface area contributed by atoms with E-state index in [-0.39, 0.29) is 11.7 Å². The van der Waals surface area contributed by atoms with Crippen molar-refractivity contribution < 1.29 is 9.90 Å². The minimum absolute atomic E-state index is 0.0428. The van der Waals surface area contributed by atoms with E-state index in [2.05, 4.69) is 15.9 Å². The quantitative estimate of drug-likeness (QED) is 0.848. The summed E-state index contributed by atoms with van der Waals surface area (Å²) in [7, 11) is 0. The van der Waals surface area contributed by atoms with Gasteiger partial charge in [0.25, 0.3) is 5.91 Å². The molecule has 0 atom stereocenters. The molecule has 0 saturated heterocycles. The summed E-state index contributed by atoms with van der Waals surface area (Å²) in [5, 5.41) is 10.7. The van der Waals surface area contributed by atoms with Crippen LogP contribution >= 0.6 is 15.9 Å². The topological polar surface area (TPSA) is 40.5 Å². The molecule has 0 heterocycles. The maximum Gasteiger partial charge on any atom is 0.257 e. The van der Waals surface area contributed by atoms with Gasteiger partial charge in [-0.25, -0.2) is 0 Å². The number of amides is 1. The fraction of sp³-hybridized carbons (Fsp3) is 0.500. The molecule has 3 nitrogen and oxygen atoms in total. The molecule has 2 rings (SSSR count). The molecule has 0 bridgehead atoms. The number of para-hydroxylation sites is 1. The van der Waals surface area contributed by atoms with Gasteiger partial charge in [-0.1, -0.05) is 28.1 Å². The highest BCUT2D eigenvalue weighted by molar-refractivity contribution is 9.09. The SMILES string of the molecule is O=C(c1ccccc1O)N(CCCBr)C1CCC1. The predicted octanol–water partition coefficient (Wildman–Crippen LogP) is 3.17. The molecule has 1 aliphatic carbocycles. The summed E-state index contributed by atoms with van der Waals surface area (Å²) in [6.45, 7) is 0.753. The number of rotatable bonds is 5. The van der Waals surface area contributed by atoms with E-state index in [1.54, 1.807) is 24.3 Å². The van der Waals surface area contributed by atoms with Crippen LogP contribution in [0.5, 0.6) is 5.75 Å². The predicted molar refractivity (Wildman–Crippen MR) is 75.2 cm³/mol. The lowest BCUT2D eigenvalue weighted by molar-refractivity contribution is 0.0578. The van der Waals surface area contributed by atoms with Crippen molar-refractivity contribution in [1.29, 1.82) is 0 Å². The summed E-state index contributed by atoms with van der Waals surface area (Å²) in [6.07, 6.45) is 4.31. The molecule has 98 valence electrons. The minimum Gasteiger partial charge on any atom is -0.507 e. The third-order valence-corrected chi connectivity index (χ3v) is 4.00. The molecule has 1 aromatic carbocycles. The molecule has 0 radical (unpaired) electrons. The fourth-order valence-electron chi connectivity index (χ4n) is 2.19. The van der Waals surface area contributed by atoms with Crippen molar-refractivity contribution in [1.82, 2.24) is 4.90 Å². The Balaban J connectivity index is 2.14. The van der Waals surface area contributed by atoms with E-state index in [1.807, 2.05) is 4.90 Å². The van der Waals surface area contributed by atoms with Gasteiger partial charge in [0.05, 0.1) is 5.56 Å². The minimum atomic E-state index is -0.0428. The molecule has 4 heteroatoms. The first-order chi connectivity index (χ1) is 8.74. The van der Waals surface area contributed by atoms with Crippen LogP contribution in [0.1, 0.15) is 36.0 Å². The second kappa shape index (κ2) is 6.23. The Kier molecular flexibility index (Phi) is 4.64. The molecule has 0 aliphatic heterocycles. The lowest BCUT2D eigenvalue weighted by atomic mass is 9.90. The van der Waals surface area contributed by atoms with E-state index in [9.17, 15) is 9.90 Å². The van der Waals surface area contributed by atoms with Crippen LogP contribution in [0.15, 0.2) is 24.3 Å². The van der Waals surface area contributed by atoms with E-state index in [4.69, 9.17) is 0 Å². The van der Waals surface area contributed by atoms with Crippen molar-refractivity contribution >= 4 is 21.8 Å². The van der Waals surface area contributed by atoms with E-state index in [0.717, 1.165) is 31.1 Å². The summed E-state index contributed by atoms with van der Waals surface area (Å²) in [6, 6.07) is 7.14. The van der Waals surface area contributed by atoms with Gasteiger partial charge in [0.15, 0.2) is 0 Å². The molecular formula is C14H18BrNO2. The Labute approximate surface area is 116 Å². The van der Waals surface area contributed by atoms with Gasteiger partial charge in [0, 0.05) is 17.9 Å². The fourth-order valence-corrected chi connectivity index (χ4v) is 2.44. The van der Waals surface area contributed by atoms with Gasteiger partial charge in [-0.3, -0.25) is 4.79 Å². The lowest BCUT2D eigenvalue weighted by Gasteiger charge is -2.37. The normalized spacial score (nSPS) is 15.2. The summed E-state index contributed by atoms with van der Waals surface area (Å²) >= 11 is 3.40. The Morgan fingerprint density at radius 2 is 2.11 bits per heavy atom. The van der Waals surface area contributed by atoms with E-state index in [0.29, 0.717) is 11.6 Å². The number of carbonyl (C=O) groups is 1. The van der Waals surface area contributed by atoms with Crippen LogP contribution in [0.4, 0.5) is 0 Å². The van der Waals surface area contributed by atoms with Gasteiger partial charge in [0.2, 0.25) is 0 Å². The number of benzene rings is 1. The van der Waals surface area contributed by atoms with Gasteiger partial charge >= 0.3 is 0 Å². The van der Waals surface area contributed by atoms with Crippen molar-refractivity contribution in [3.63, 3.8) is 0 Å². The molecule has 18 heavy (non-hydrogen) atoms. The number of phenols is 1. The molecule has 1 aliphatic rings. The van der Waals surface area contributed by atoms with Crippen LogP contribution in [0.3, 0.4) is 0 Å². The third kappa shape index (κ3) is 2.86. The van der Waals surface area contributed by atoms with Crippen molar-refractivity contribution in [2.45, 2.75) is 31.7 Å². The van der Waals surface area contributed by atoms with Crippen LogP contribution in [0, 0.1) is 0 Å². The zero-order valence-electron chi connectivity index (χ0n) is 10.3. The number of nitrogens with zero attached hydrogens (tertiary/aromatic N) is 1. The van der Waals surface area contributed by atoms with Crippen molar-refractivity contribution in [3.05, 3.63) is 29.8 Å². The first-order valence-corrected chi connectivity index (χ1v) is 7.51. The summed E-state index contributed by atoms with van der Waals surface area (Å²) < 4.78 is 0. The summed E-state index contributed by atoms with van der Waals surface area (Å²) in [5.41, 5.74) is 0.416. The lowest BCUT2D eigenvalue weighted by Crippen LogP contribution is -2.44. The number of hydrogen-bond donors (Lipinski definition) is 1.